The Morgan fingerprint density at radius 3 is 2.71 bits per heavy atom. The molecule has 3 rings (SSSR count). The van der Waals surface area contributed by atoms with Gasteiger partial charge >= 0.3 is 0 Å². The van der Waals surface area contributed by atoms with Gasteiger partial charge in [0.05, 0.1) is 13.2 Å². The van der Waals surface area contributed by atoms with Gasteiger partial charge in [-0.2, -0.15) is 0 Å². The predicted molar refractivity (Wildman–Crippen MR) is 75.4 cm³/mol. The minimum Gasteiger partial charge on any atom is -0.462 e. The molecule has 0 bridgehead atoms. The van der Waals surface area contributed by atoms with Gasteiger partial charge in [-0.15, -0.1) is 10.1 Å². The van der Waals surface area contributed by atoms with E-state index in [4.69, 9.17) is 19.3 Å². The van der Waals surface area contributed by atoms with E-state index < -0.39 is 41.9 Å². The largest absolute Gasteiger partial charge is 0.462 e. The molecule has 2 heterocycles. The molecule has 10 heteroatoms. The van der Waals surface area contributed by atoms with Gasteiger partial charge in [0, 0.05) is 0 Å². The molecule has 132 valence electrons. The zero-order chi connectivity index (χ0) is 17.3. The Bertz CT molecular complexity index is 594. The minimum atomic E-state index is -1.44. The summed E-state index contributed by atoms with van der Waals surface area (Å²) in [5.74, 6) is 0.214. The van der Waals surface area contributed by atoms with Crippen LogP contribution in [0.25, 0.3) is 0 Å². The number of nitrogens with zero attached hydrogens (tertiary/aromatic N) is 1. The van der Waals surface area contributed by atoms with Crippen molar-refractivity contribution in [2.24, 2.45) is 0 Å². The Balaban J connectivity index is 1.71. The number of hydrogen-bond acceptors (Lipinski definition) is 9. The highest BCUT2D eigenvalue weighted by Crippen LogP contribution is 2.41. The van der Waals surface area contributed by atoms with Crippen molar-refractivity contribution in [1.29, 1.82) is 0 Å². The van der Waals surface area contributed by atoms with Crippen molar-refractivity contribution in [2.75, 3.05) is 19.8 Å². The lowest BCUT2D eigenvalue weighted by molar-refractivity contribution is -0.778. The molecule has 0 aliphatic carbocycles. The maximum absolute atomic E-state index is 10.8. The van der Waals surface area contributed by atoms with E-state index in [1.807, 2.05) is 0 Å². The maximum Gasteiger partial charge on any atom is 0.298 e. The lowest BCUT2D eigenvalue weighted by Gasteiger charge is -2.27. The highest BCUT2D eigenvalue weighted by atomic mass is 17.0. The van der Waals surface area contributed by atoms with Gasteiger partial charge in [-0.1, -0.05) is 12.1 Å². The molecule has 0 radical (unpaired) electrons. The van der Waals surface area contributed by atoms with Crippen molar-refractivity contribution in [3.8, 4) is 5.75 Å². The lowest BCUT2D eigenvalue weighted by atomic mass is 9.88. The van der Waals surface area contributed by atoms with Crippen LogP contribution in [0.5, 0.6) is 5.75 Å². The van der Waals surface area contributed by atoms with Crippen molar-refractivity contribution >= 4 is 0 Å². The summed E-state index contributed by atoms with van der Waals surface area (Å²) in [6.45, 7) is -0.630. The number of aliphatic hydroxyl groups is 3. The van der Waals surface area contributed by atoms with Gasteiger partial charge in [0.2, 0.25) is 0 Å². The fourth-order valence-corrected chi connectivity index (χ4v) is 2.92. The van der Waals surface area contributed by atoms with Crippen LogP contribution in [0.4, 0.5) is 0 Å². The van der Waals surface area contributed by atoms with Gasteiger partial charge in [0.25, 0.3) is 11.4 Å². The van der Waals surface area contributed by atoms with Gasteiger partial charge in [-0.3, -0.25) is 4.84 Å². The molecule has 1 unspecified atom stereocenters. The van der Waals surface area contributed by atoms with E-state index >= 15 is 0 Å². The van der Waals surface area contributed by atoms with Gasteiger partial charge in [-0.05, 0) is 17.7 Å². The van der Waals surface area contributed by atoms with E-state index in [0.29, 0.717) is 5.56 Å². The van der Waals surface area contributed by atoms with Crippen LogP contribution in [0.1, 0.15) is 5.56 Å². The van der Waals surface area contributed by atoms with Crippen LogP contribution in [-0.4, -0.2) is 64.8 Å². The Kier molecular flexibility index (Phi) is 4.56. The number of ether oxygens (including phenoxy) is 3. The lowest BCUT2D eigenvalue weighted by Crippen LogP contribution is -2.41. The Labute approximate surface area is 136 Å². The molecule has 24 heavy (non-hydrogen) atoms. The van der Waals surface area contributed by atoms with Crippen molar-refractivity contribution in [3.63, 3.8) is 0 Å². The second-order valence-corrected chi connectivity index (χ2v) is 5.60. The van der Waals surface area contributed by atoms with Gasteiger partial charge in [-0.25, -0.2) is 0 Å². The molecule has 0 spiro atoms. The molecule has 2 fully saturated rings. The first-order chi connectivity index (χ1) is 11.4. The third-order valence-corrected chi connectivity index (χ3v) is 4.07. The molecule has 0 saturated carbocycles. The average Bonchev–Trinajstić information content (AvgIpc) is 3.09. The van der Waals surface area contributed by atoms with Gasteiger partial charge in [0.15, 0.2) is 0 Å². The quantitative estimate of drug-likeness (QED) is 0.335. The Morgan fingerprint density at radius 2 is 2.08 bits per heavy atom. The number of benzene rings is 1. The number of fused-ring (bicyclic) bond motifs is 1. The van der Waals surface area contributed by atoms with E-state index in [1.165, 1.54) is 12.1 Å². The monoisotopic (exact) mass is 343 g/mol. The molecular weight excluding hydrogens is 326 g/mol. The van der Waals surface area contributed by atoms with Gasteiger partial charge in [0.1, 0.15) is 36.3 Å². The average molecular weight is 343 g/mol. The summed E-state index contributed by atoms with van der Waals surface area (Å²) in [5.41, 5.74) is -0.916. The molecule has 2 saturated heterocycles. The van der Waals surface area contributed by atoms with Gasteiger partial charge < -0.3 is 29.5 Å². The minimum absolute atomic E-state index is 0.0245. The van der Waals surface area contributed by atoms with Crippen molar-refractivity contribution in [3.05, 3.63) is 39.9 Å². The smallest absolute Gasteiger partial charge is 0.298 e. The van der Waals surface area contributed by atoms with Crippen LogP contribution in [0.3, 0.4) is 0 Å². The van der Waals surface area contributed by atoms with E-state index in [0.717, 1.165) is 0 Å². The molecule has 1 aromatic carbocycles. The fourth-order valence-electron chi connectivity index (χ4n) is 2.92. The van der Waals surface area contributed by atoms with Crippen molar-refractivity contribution < 1.29 is 39.5 Å². The van der Waals surface area contributed by atoms with Crippen LogP contribution in [0.2, 0.25) is 0 Å². The van der Waals surface area contributed by atoms with Crippen LogP contribution in [0.15, 0.2) is 24.3 Å². The maximum atomic E-state index is 10.8. The number of aliphatic hydroxyl groups excluding tert-OH is 2. The summed E-state index contributed by atoms with van der Waals surface area (Å²) in [6, 6.07) is 6.04. The summed E-state index contributed by atoms with van der Waals surface area (Å²) < 4.78 is 16.0. The SMILES string of the molecule is O=[N+]([O-])OC(CO)Oc1ccc([C@@]2(O)CO[C@@H]3[C@H](O)CO[C@@H]32)cc1. The van der Waals surface area contributed by atoms with Crippen molar-refractivity contribution in [2.45, 2.75) is 30.2 Å². The predicted octanol–water partition coefficient (Wildman–Crippen LogP) is -1.06. The van der Waals surface area contributed by atoms with E-state index in [-0.39, 0.29) is 19.0 Å². The fraction of sp³-hybridized carbons (Fsp3) is 0.571. The second-order valence-electron chi connectivity index (χ2n) is 5.60. The number of hydrogen-bond donors (Lipinski definition) is 3. The van der Waals surface area contributed by atoms with E-state index in [9.17, 15) is 20.3 Å². The first-order valence-corrected chi connectivity index (χ1v) is 7.27. The molecular formula is C14H17NO9. The Hall–Kier alpha value is -1.98. The summed E-state index contributed by atoms with van der Waals surface area (Å²) in [5, 5.41) is 38.8. The summed E-state index contributed by atoms with van der Waals surface area (Å²) >= 11 is 0. The van der Waals surface area contributed by atoms with Crippen molar-refractivity contribution in [1.82, 2.24) is 0 Å². The molecule has 10 nitrogen and oxygen atoms in total. The first-order valence-electron chi connectivity index (χ1n) is 7.27. The molecule has 1 aromatic rings. The topological polar surface area (TPSA) is 141 Å². The van der Waals surface area contributed by atoms with E-state index in [2.05, 4.69) is 4.84 Å². The molecule has 0 amide bonds. The summed E-state index contributed by atoms with van der Waals surface area (Å²) in [6.07, 6.45) is -3.49. The summed E-state index contributed by atoms with van der Waals surface area (Å²) in [4.78, 5) is 14.4. The van der Waals surface area contributed by atoms with E-state index in [1.54, 1.807) is 12.1 Å². The second kappa shape index (κ2) is 6.49. The van der Waals surface area contributed by atoms with Crippen LogP contribution in [-0.2, 0) is 19.9 Å². The third-order valence-electron chi connectivity index (χ3n) is 4.07. The van der Waals surface area contributed by atoms with Crippen LogP contribution < -0.4 is 4.74 Å². The standard InChI is InChI=1S/C14H17NO9/c16-5-11(24-15(19)20)23-9-3-1-8(2-4-9)14(18)7-22-12-10(17)6-21-13(12)14/h1-4,10-13,16-18H,5-7H2/t10-,11?,12-,13+,14+/m1/s1. The molecule has 3 N–H and O–H groups in total. The highest BCUT2D eigenvalue weighted by molar-refractivity contribution is 5.33. The Morgan fingerprint density at radius 1 is 1.38 bits per heavy atom. The number of rotatable bonds is 6. The van der Waals surface area contributed by atoms with Crippen LogP contribution in [0, 0.1) is 10.1 Å². The summed E-state index contributed by atoms with van der Waals surface area (Å²) in [7, 11) is 0. The highest BCUT2D eigenvalue weighted by Gasteiger charge is 2.56. The zero-order valence-corrected chi connectivity index (χ0v) is 12.5. The molecule has 2 aliphatic rings. The zero-order valence-electron chi connectivity index (χ0n) is 12.5. The molecule has 0 aromatic heterocycles. The first kappa shape index (κ1) is 16.9. The molecule has 5 atom stereocenters. The normalized spacial score (nSPS) is 33.0. The molecule has 2 aliphatic heterocycles. The van der Waals surface area contributed by atoms with Crippen LogP contribution >= 0.6 is 0 Å². The third kappa shape index (κ3) is 3.01.